The summed E-state index contributed by atoms with van der Waals surface area (Å²) in [5, 5.41) is 10.6. The van der Waals surface area contributed by atoms with Crippen molar-refractivity contribution in [2.75, 3.05) is 31.2 Å². The number of hydrogen-bond donors (Lipinski definition) is 1. The van der Waals surface area contributed by atoms with Crippen molar-refractivity contribution in [1.82, 2.24) is 9.38 Å². The molecule has 4 heterocycles. The van der Waals surface area contributed by atoms with Crippen molar-refractivity contribution in [3.63, 3.8) is 0 Å². The van der Waals surface area contributed by atoms with Crippen LogP contribution in [0, 0.1) is 5.82 Å². The maximum Gasteiger partial charge on any atom is 0.300 e. The molecule has 8 heteroatoms. The van der Waals surface area contributed by atoms with Gasteiger partial charge < -0.3 is 14.7 Å². The number of aromatic hydroxyl groups is 1. The minimum atomic E-state index is -0.523. The highest BCUT2D eigenvalue weighted by Crippen LogP contribution is 2.24. The Kier molecular flexibility index (Phi) is 4.99. The molecule has 3 aromatic rings. The lowest BCUT2D eigenvalue weighted by atomic mass is 10.0. The Bertz CT molecular complexity index is 1260. The van der Waals surface area contributed by atoms with E-state index in [0.29, 0.717) is 37.4 Å². The summed E-state index contributed by atoms with van der Waals surface area (Å²) in [6, 6.07) is 10.0. The largest absolute Gasteiger partial charge is 0.501 e. The summed E-state index contributed by atoms with van der Waals surface area (Å²) in [5.41, 5.74) is 3.53. The van der Waals surface area contributed by atoms with Crippen LogP contribution in [0.4, 0.5) is 10.1 Å². The lowest BCUT2D eigenvalue weighted by Gasteiger charge is -2.28. The summed E-state index contributed by atoms with van der Waals surface area (Å²) in [7, 11) is 0. The van der Waals surface area contributed by atoms with Gasteiger partial charge in [-0.2, -0.15) is 0 Å². The molecule has 0 unspecified atom stereocenters. The fraction of sp³-hybridized carbons (Fsp3) is 0.261. The number of ether oxygens (including phenoxy) is 1. The van der Waals surface area contributed by atoms with Crippen LogP contribution in [-0.4, -0.2) is 46.5 Å². The van der Waals surface area contributed by atoms with E-state index in [0.717, 1.165) is 29.9 Å². The van der Waals surface area contributed by atoms with Crippen molar-refractivity contribution in [1.29, 1.82) is 0 Å². The van der Waals surface area contributed by atoms with E-state index in [1.54, 1.807) is 30.6 Å². The van der Waals surface area contributed by atoms with Gasteiger partial charge in [0.25, 0.3) is 0 Å². The first-order valence-corrected chi connectivity index (χ1v) is 10.2. The molecule has 2 aliphatic rings. The number of benzene rings is 1. The Balaban J connectivity index is 1.40. The topological polar surface area (TPSA) is 79.4 Å². The fourth-order valence-electron chi connectivity index (χ4n) is 3.92. The second-order valence-corrected chi connectivity index (χ2v) is 7.67. The van der Waals surface area contributed by atoms with E-state index in [1.165, 1.54) is 16.5 Å². The van der Waals surface area contributed by atoms with Crippen LogP contribution in [0.15, 0.2) is 64.2 Å². The van der Waals surface area contributed by atoms with Gasteiger partial charge >= 0.3 is 5.56 Å². The second-order valence-electron chi connectivity index (χ2n) is 7.67. The van der Waals surface area contributed by atoms with Gasteiger partial charge in [0.15, 0.2) is 0 Å². The number of hydrogen-bond acceptors (Lipinski definition) is 6. The average molecular weight is 420 g/mol. The van der Waals surface area contributed by atoms with E-state index in [2.05, 4.69) is 14.9 Å². The Hall–Kier alpha value is -3.52. The fourth-order valence-corrected chi connectivity index (χ4v) is 3.92. The summed E-state index contributed by atoms with van der Waals surface area (Å²) in [6.45, 7) is 2.78. The van der Waals surface area contributed by atoms with E-state index in [4.69, 9.17) is 4.74 Å². The molecular formula is C23H21FN4O3. The first-order valence-electron chi connectivity index (χ1n) is 10.2. The highest BCUT2D eigenvalue weighted by atomic mass is 19.1. The average Bonchev–Trinajstić information content (AvgIpc) is 3.26. The second kappa shape index (κ2) is 7.96. The lowest BCUT2D eigenvalue weighted by Crippen LogP contribution is -2.36. The minimum absolute atomic E-state index is 0.203. The Morgan fingerprint density at radius 3 is 2.65 bits per heavy atom. The SMILES string of the molecule is O=c1c(O)c(C2=NC=C(Cc3ccc(F)cc3)C2)nc2ccc(N3CCOCC3)cn12. The van der Waals surface area contributed by atoms with Gasteiger partial charge in [-0.3, -0.25) is 14.2 Å². The number of morpholine rings is 1. The molecule has 0 aliphatic carbocycles. The number of pyridine rings is 1. The van der Waals surface area contributed by atoms with E-state index in [-0.39, 0.29) is 11.5 Å². The smallest absolute Gasteiger partial charge is 0.300 e. The summed E-state index contributed by atoms with van der Waals surface area (Å²) >= 11 is 0. The number of allylic oxidation sites excluding steroid dienone is 1. The Morgan fingerprint density at radius 2 is 1.87 bits per heavy atom. The van der Waals surface area contributed by atoms with Gasteiger partial charge in [-0.1, -0.05) is 12.1 Å². The molecule has 0 radical (unpaired) electrons. The normalized spacial score (nSPS) is 16.5. The van der Waals surface area contributed by atoms with Crippen LogP contribution in [-0.2, 0) is 11.2 Å². The monoisotopic (exact) mass is 420 g/mol. The molecular weight excluding hydrogens is 399 g/mol. The molecule has 0 atom stereocenters. The number of fused-ring (bicyclic) bond motifs is 1. The van der Waals surface area contributed by atoms with Crippen LogP contribution in [0.1, 0.15) is 17.7 Å². The van der Waals surface area contributed by atoms with Gasteiger partial charge in [0.05, 0.1) is 24.6 Å². The number of aromatic nitrogens is 2. The van der Waals surface area contributed by atoms with E-state index >= 15 is 0 Å². The maximum atomic E-state index is 13.1. The predicted octanol–water partition coefficient (Wildman–Crippen LogP) is 2.70. The van der Waals surface area contributed by atoms with Gasteiger partial charge in [0.1, 0.15) is 17.2 Å². The third-order valence-electron chi connectivity index (χ3n) is 5.57. The van der Waals surface area contributed by atoms with Crippen LogP contribution >= 0.6 is 0 Å². The first-order chi connectivity index (χ1) is 15.1. The summed E-state index contributed by atoms with van der Waals surface area (Å²) in [5.74, 6) is -0.685. The zero-order valence-corrected chi connectivity index (χ0v) is 16.8. The van der Waals surface area contributed by atoms with Crippen molar-refractivity contribution in [2.45, 2.75) is 12.8 Å². The van der Waals surface area contributed by atoms with Crippen molar-refractivity contribution >= 4 is 17.0 Å². The van der Waals surface area contributed by atoms with E-state index in [9.17, 15) is 14.3 Å². The molecule has 0 amide bonds. The van der Waals surface area contributed by atoms with Gasteiger partial charge in [-0.05, 0) is 41.8 Å². The van der Waals surface area contributed by atoms with Crippen molar-refractivity contribution in [2.24, 2.45) is 4.99 Å². The molecule has 5 rings (SSSR count). The van der Waals surface area contributed by atoms with Gasteiger partial charge in [-0.25, -0.2) is 9.37 Å². The highest BCUT2D eigenvalue weighted by Gasteiger charge is 2.21. The Morgan fingerprint density at radius 1 is 1.10 bits per heavy atom. The molecule has 31 heavy (non-hydrogen) atoms. The van der Waals surface area contributed by atoms with E-state index in [1.807, 2.05) is 6.07 Å². The molecule has 1 aromatic carbocycles. The molecule has 1 N–H and O–H groups in total. The Labute approximate surface area is 177 Å². The molecule has 7 nitrogen and oxygen atoms in total. The van der Waals surface area contributed by atoms with Crippen LogP contribution in [0.25, 0.3) is 5.65 Å². The van der Waals surface area contributed by atoms with Crippen LogP contribution in [0.3, 0.4) is 0 Å². The molecule has 2 aliphatic heterocycles. The lowest BCUT2D eigenvalue weighted by molar-refractivity contribution is 0.122. The van der Waals surface area contributed by atoms with Crippen molar-refractivity contribution in [3.8, 4) is 5.75 Å². The zero-order valence-electron chi connectivity index (χ0n) is 16.8. The number of anilines is 1. The number of rotatable bonds is 4. The van der Waals surface area contributed by atoms with Gasteiger partial charge in [-0.15, -0.1) is 0 Å². The number of nitrogens with zero attached hydrogens (tertiary/aromatic N) is 4. The molecule has 0 spiro atoms. The zero-order chi connectivity index (χ0) is 21.4. The molecule has 2 aromatic heterocycles. The minimum Gasteiger partial charge on any atom is -0.501 e. The predicted molar refractivity (Wildman–Crippen MR) is 115 cm³/mol. The van der Waals surface area contributed by atoms with Crippen molar-refractivity contribution < 1.29 is 14.2 Å². The summed E-state index contributed by atoms with van der Waals surface area (Å²) < 4.78 is 19.9. The van der Waals surface area contributed by atoms with Gasteiger partial charge in [0.2, 0.25) is 5.75 Å². The molecule has 1 fully saturated rings. The molecule has 0 bridgehead atoms. The molecule has 158 valence electrons. The van der Waals surface area contributed by atoms with E-state index < -0.39 is 11.3 Å². The third kappa shape index (κ3) is 3.82. The maximum absolute atomic E-state index is 13.1. The van der Waals surface area contributed by atoms with Crippen molar-refractivity contribution in [3.05, 3.63) is 81.8 Å². The molecule has 0 saturated carbocycles. The first kappa shape index (κ1) is 19.4. The summed E-state index contributed by atoms with van der Waals surface area (Å²) in [6.07, 6.45) is 4.51. The highest BCUT2D eigenvalue weighted by molar-refractivity contribution is 6.04. The standard InChI is InChI=1S/C23H21FN4O3/c24-17-3-1-15(2-4-17)11-16-12-19(25-13-16)21-22(29)23(30)28-14-18(5-6-20(28)26-21)27-7-9-31-10-8-27/h1-6,13-14,29H,7-12H2. The van der Waals surface area contributed by atoms with Gasteiger partial charge in [0, 0.05) is 31.9 Å². The number of halogens is 1. The number of aliphatic imine (C=N–C) groups is 1. The van der Waals surface area contributed by atoms with Crippen LogP contribution < -0.4 is 10.5 Å². The summed E-state index contributed by atoms with van der Waals surface area (Å²) in [4.78, 5) is 23.9. The van der Waals surface area contributed by atoms with Crippen LogP contribution in [0.5, 0.6) is 5.75 Å². The third-order valence-corrected chi connectivity index (χ3v) is 5.57. The van der Waals surface area contributed by atoms with Crippen LogP contribution in [0.2, 0.25) is 0 Å². The quantitative estimate of drug-likeness (QED) is 0.702. The molecule has 1 saturated heterocycles.